The van der Waals surface area contributed by atoms with Gasteiger partial charge in [-0.25, -0.2) is 9.59 Å². The molecular formula is C28H28BrF3N2O6. The van der Waals surface area contributed by atoms with Gasteiger partial charge >= 0.3 is 18.1 Å². The maximum Gasteiger partial charge on any atom is 0.446 e. The Bertz CT molecular complexity index is 1330. The van der Waals surface area contributed by atoms with Gasteiger partial charge in [-0.15, -0.1) is 0 Å². The molecule has 4 heterocycles. The van der Waals surface area contributed by atoms with Gasteiger partial charge in [-0.1, -0.05) is 28.1 Å². The van der Waals surface area contributed by atoms with Gasteiger partial charge in [-0.05, 0) is 42.2 Å². The summed E-state index contributed by atoms with van der Waals surface area (Å²) in [6, 6.07) is 8.24. The zero-order valence-electron chi connectivity index (χ0n) is 21.8. The first-order chi connectivity index (χ1) is 19.1. The number of piperazine rings is 1. The number of alkyl halides is 3. The van der Waals surface area contributed by atoms with Crippen LogP contribution >= 0.6 is 15.9 Å². The van der Waals surface area contributed by atoms with E-state index in [-0.39, 0.29) is 18.0 Å². The lowest BCUT2D eigenvalue weighted by Gasteiger charge is -2.46. The summed E-state index contributed by atoms with van der Waals surface area (Å²) in [4.78, 5) is 37.4. The van der Waals surface area contributed by atoms with E-state index in [2.05, 4.69) is 32.7 Å². The average molecular weight is 625 g/mol. The summed E-state index contributed by atoms with van der Waals surface area (Å²) in [5, 5.41) is 0. The van der Waals surface area contributed by atoms with E-state index in [0.29, 0.717) is 37.0 Å². The molecule has 0 N–H and O–H groups in total. The third-order valence-electron chi connectivity index (χ3n) is 7.86. The minimum absolute atomic E-state index is 0.0242. The molecule has 6 rings (SSSR count). The molecule has 40 heavy (non-hydrogen) atoms. The average Bonchev–Trinajstić information content (AvgIpc) is 3.51. The second kappa shape index (κ2) is 11.6. The standard InChI is InChI=1S/C26H27BrN2O5.C2HF3O/c1-15-18(4-5-19-21(15)13-33-25(19)30)23-11-29-9-8-28(10-17(29)12-32-23)7-6-16-2-3-20-22(24(16)27)14-34-26(20)31;3-2(4,5)1-6/h2-5,17,23H,6-14H2,1H3;1H/t17-,23-;/m0./s1. The molecule has 0 unspecified atom stereocenters. The van der Waals surface area contributed by atoms with E-state index < -0.39 is 12.5 Å². The zero-order chi connectivity index (χ0) is 28.6. The van der Waals surface area contributed by atoms with Crippen molar-refractivity contribution < 1.29 is 41.8 Å². The number of carbonyl (C=O) groups is 3. The highest BCUT2D eigenvalue weighted by atomic mass is 79.9. The second-order valence-corrected chi connectivity index (χ2v) is 11.0. The number of benzene rings is 2. The molecule has 2 aromatic carbocycles. The van der Waals surface area contributed by atoms with Gasteiger partial charge in [0.05, 0.1) is 23.8 Å². The molecule has 0 spiro atoms. The van der Waals surface area contributed by atoms with Crippen LogP contribution in [0.5, 0.6) is 0 Å². The smallest absolute Gasteiger partial charge is 0.446 e. The molecular weight excluding hydrogens is 597 g/mol. The Morgan fingerprint density at radius 1 is 1.00 bits per heavy atom. The van der Waals surface area contributed by atoms with E-state index >= 15 is 0 Å². The Balaban J connectivity index is 0.000000487. The number of morpholine rings is 1. The molecule has 2 saturated heterocycles. The molecule has 0 amide bonds. The van der Waals surface area contributed by atoms with Gasteiger partial charge < -0.3 is 19.1 Å². The highest BCUT2D eigenvalue weighted by molar-refractivity contribution is 9.10. The van der Waals surface area contributed by atoms with Crippen molar-refractivity contribution in [3.8, 4) is 0 Å². The SMILES string of the molecule is Cc1c([C@@H]2CN3CCN(CCc4ccc5c(c4Br)COC5=O)C[C@H]3CO2)ccc2c1COC2=O.O=CC(F)(F)F. The number of aldehydes is 1. The van der Waals surface area contributed by atoms with Crippen molar-refractivity contribution in [2.24, 2.45) is 0 Å². The van der Waals surface area contributed by atoms with Gasteiger partial charge in [0.15, 0.2) is 0 Å². The van der Waals surface area contributed by atoms with Gasteiger partial charge in [0.1, 0.15) is 13.2 Å². The van der Waals surface area contributed by atoms with Crippen molar-refractivity contribution >= 4 is 34.2 Å². The quantitative estimate of drug-likeness (QED) is 0.371. The van der Waals surface area contributed by atoms with Crippen molar-refractivity contribution in [3.63, 3.8) is 0 Å². The maximum absolute atomic E-state index is 11.9. The number of fused-ring (bicyclic) bond motifs is 3. The highest BCUT2D eigenvalue weighted by Gasteiger charge is 2.36. The van der Waals surface area contributed by atoms with Crippen molar-refractivity contribution in [2.75, 3.05) is 39.3 Å². The highest BCUT2D eigenvalue weighted by Crippen LogP contribution is 2.34. The summed E-state index contributed by atoms with van der Waals surface area (Å²) >= 11 is 3.69. The summed E-state index contributed by atoms with van der Waals surface area (Å²) in [5.74, 6) is -0.454. The summed E-state index contributed by atoms with van der Waals surface area (Å²) < 4.78 is 49.0. The predicted molar refractivity (Wildman–Crippen MR) is 140 cm³/mol. The van der Waals surface area contributed by atoms with Gasteiger partial charge in [0.2, 0.25) is 6.29 Å². The van der Waals surface area contributed by atoms with E-state index in [9.17, 15) is 22.8 Å². The van der Waals surface area contributed by atoms with Crippen LogP contribution in [-0.2, 0) is 38.6 Å². The molecule has 0 saturated carbocycles. The van der Waals surface area contributed by atoms with Crippen LogP contribution in [0.25, 0.3) is 0 Å². The number of carbonyl (C=O) groups excluding carboxylic acids is 3. The first-order valence-electron chi connectivity index (χ1n) is 12.9. The molecule has 2 aromatic rings. The number of esters is 2. The summed E-state index contributed by atoms with van der Waals surface area (Å²) in [6.45, 7) is 8.37. The summed E-state index contributed by atoms with van der Waals surface area (Å²) in [7, 11) is 0. The number of cyclic esters (lactones) is 2. The van der Waals surface area contributed by atoms with Gasteiger partial charge in [-0.3, -0.25) is 9.69 Å². The van der Waals surface area contributed by atoms with Crippen molar-refractivity contribution in [1.29, 1.82) is 0 Å². The molecule has 12 heteroatoms. The first kappa shape index (κ1) is 28.7. The third-order valence-corrected chi connectivity index (χ3v) is 8.84. The topological polar surface area (TPSA) is 85.4 Å². The van der Waals surface area contributed by atoms with Crippen LogP contribution in [0, 0.1) is 6.92 Å². The van der Waals surface area contributed by atoms with Crippen LogP contribution < -0.4 is 0 Å². The Kier molecular flexibility index (Phi) is 8.32. The Morgan fingerprint density at radius 3 is 2.35 bits per heavy atom. The fraction of sp³-hybridized carbons (Fsp3) is 0.464. The molecule has 0 bridgehead atoms. The van der Waals surface area contributed by atoms with Crippen molar-refractivity contribution in [1.82, 2.24) is 9.80 Å². The maximum atomic E-state index is 11.9. The van der Waals surface area contributed by atoms with Crippen LogP contribution in [0.4, 0.5) is 13.2 Å². The zero-order valence-corrected chi connectivity index (χ0v) is 23.3. The summed E-state index contributed by atoms with van der Waals surface area (Å²) in [6.07, 6.45) is -4.75. The lowest BCUT2D eigenvalue weighted by atomic mass is 9.94. The Labute approximate surface area is 237 Å². The lowest BCUT2D eigenvalue weighted by molar-refractivity contribution is -0.156. The minimum atomic E-state index is -4.64. The molecule has 214 valence electrons. The third kappa shape index (κ3) is 5.95. The number of hydrogen-bond acceptors (Lipinski definition) is 8. The minimum Gasteiger partial charge on any atom is -0.457 e. The number of rotatable bonds is 4. The van der Waals surface area contributed by atoms with E-state index in [4.69, 9.17) is 19.0 Å². The van der Waals surface area contributed by atoms with Crippen LogP contribution in [-0.4, -0.2) is 79.6 Å². The monoisotopic (exact) mass is 624 g/mol. The van der Waals surface area contributed by atoms with Crippen LogP contribution in [0.15, 0.2) is 28.7 Å². The molecule has 0 radical (unpaired) electrons. The number of ether oxygens (including phenoxy) is 3. The fourth-order valence-corrected chi connectivity index (χ4v) is 6.30. The van der Waals surface area contributed by atoms with Gasteiger partial charge in [0, 0.05) is 54.4 Å². The number of hydrogen-bond donors (Lipinski definition) is 0. The van der Waals surface area contributed by atoms with Crippen LogP contribution in [0.1, 0.15) is 54.6 Å². The normalized spacial score (nSPS) is 22.4. The van der Waals surface area contributed by atoms with E-state index in [0.717, 1.165) is 60.3 Å². The summed E-state index contributed by atoms with van der Waals surface area (Å²) in [5.41, 5.74) is 6.85. The molecule has 4 aliphatic heterocycles. The van der Waals surface area contributed by atoms with Crippen molar-refractivity contribution in [3.05, 3.63) is 67.7 Å². The van der Waals surface area contributed by atoms with Gasteiger partial charge in [0.25, 0.3) is 0 Å². The van der Waals surface area contributed by atoms with E-state index in [1.54, 1.807) is 0 Å². The van der Waals surface area contributed by atoms with Gasteiger partial charge in [-0.2, -0.15) is 13.2 Å². The molecule has 8 nitrogen and oxygen atoms in total. The van der Waals surface area contributed by atoms with Crippen molar-refractivity contribution in [2.45, 2.75) is 44.9 Å². The Hall–Kier alpha value is -2.80. The van der Waals surface area contributed by atoms with Crippen LogP contribution in [0.2, 0.25) is 0 Å². The van der Waals surface area contributed by atoms with E-state index in [1.807, 2.05) is 24.3 Å². The van der Waals surface area contributed by atoms with E-state index in [1.165, 1.54) is 11.1 Å². The predicted octanol–water partition coefficient (Wildman–Crippen LogP) is 4.15. The van der Waals surface area contributed by atoms with Crippen LogP contribution in [0.3, 0.4) is 0 Å². The largest absolute Gasteiger partial charge is 0.457 e. The lowest BCUT2D eigenvalue weighted by Crippen LogP contribution is -2.58. The molecule has 0 aliphatic carbocycles. The first-order valence-corrected chi connectivity index (χ1v) is 13.7. The fourth-order valence-electron chi connectivity index (χ4n) is 5.65. The Morgan fingerprint density at radius 2 is 1.65 bits per heavy atom. The molecule has 4 aliphatic rings. The molecule has 0 aromatic heterocycles. The molecule has 2 fully saturated rings. The second-order valence-electron chi connectivity index (χ2n) is 10.2. The molecule has 2 atom stereocenters. The number of nitrogens with zero attached hydrogens (tertiary/aromatic N) is 2. The number of halogens is 4.